The molecule has 0 radical (unpaired) electrons. The van der Waals surface area contributed by atoms with Crippen molar-refractivity contribution in [2.24, 2.45) is 0 Å². The molecule has 0 fully saturated rings. The largest absolute Gasteiger partial charge is 0.310 e. The van der Waals surface area contributed by atoms with Crippen molar-refractivity contribution in [3.63, 3.8) is 0 Å². The van der Waals surface area contributed by atoms with Gasteiger partial charge in [-0.3, -0.25) is 4.79 Å². The van der Waals surface area contributed by atoms with Gasteiger partial charge in [0, 0.05) is 18.2 Å². The topological polar surface area (TPSA) is 42.0 Å². The lowest BCUT2D eigenvalue weighted by Gasteiger charge is -2.05. The van der Waals surface area contributed by atoms with Gasteiger partial charge in [-0.1, -0.05) is 37.0 Å². The fraction of sp³-hybridized carbons (Fsp3) is 0.176. The minimum absolute atomic E-state index is 0.0334. The Balaban J connectivity index is 2.20. The molecule has 0 aliphatic rings. The van der Waals surface area contributed by atoms with E-state index < -0.39 is 0 Å². The molecule has 3 nitrogen and oxygen atoms in total. The molecule has 2 rings (SSSR count). The molecule has 0 atom stereocenters. The van der Waals surface area contributed by atoms with Crippen molar-refractivity contribution in [1.29, 1.82) is 0 Å². The van der Waals surface area contributed by atoms with E-state index in [-0.39, 0.29) is 5.91 Å². The molecule has 2 aromatic rings. The van der Waals surface area contributed by atoms with Gasteiger partial charge >= 0.3 is 0 Å². The monoisotopic (exact) mass is 264 g/mol. The highest BCUT2D eigenvalue weighted by Gasteiger charge is 2.05. The summed E-state index contributed by atoms with van der Waals surface area (Å²) >= 11 is 0. The smallest absolute Gasteiger partial charge is 0.225 e. The number of hydrogen-bond acceptors (Lipinski definition) is 2. The third kappa shape index (κ3) is 3.96. The normalized spacial score (nSPS) is 9.45. The van der Waals surface area contributed by atoms with Gasteiger partial charge in [-0.25, -0.2) is 4.98 Å². The van der Waals surface area contributed by atoms with Gasteiger partial charge in [-0.2, -0.15) is 0 Å². The second-order valence-corrected chi connectivity index (χ2v) is 4.31. The average Bonchev–Trinajstić information content (AvgIpc) is 2.48. The van der Waals surface area contributed by atoms with Gasteiger partial charge in [0.05, 0.1) is 5.56 Å². The van der Waals surface area contributed by atoms with Crippen molar-refractivity contribution in [3.05, 3.63) is 59.8 Å². The fourth-order valence-electron chi connectivity index (χ4n) is 1.69. The quantitative estimate of drug-likeness (QED) is 0.865. The van der Waals surface area contributed by atoms with Crippen LogP contribution >= 0.6 is 0 Å². The van der Waals surface area contributed by atoms with E-state index in [1.54, 1.807) is 6.20 Å². The van der Waals surface area contributed by atoms with Gasteiger partial charge in [0.2, 0.25) is 5.91 Å². The molecule has 0 spiro atoms. The summed E-state index contributed by atoms with van der Waals surface area (Å²) < 4.78 is 0. The van der Waals surface area contributed by atoms with Crippen molar-refractivity contribution in [2.45, 2.75) is 19.8 Å². The standard InChI is InChI=1S/C17H16N2O/c1-2-7-16(20)19-17-15(10-6-13-18-17)12-11-14-8-4-3-5-9-14/h3-6,8-10,13H,2,7H2,1H3,(H,18,19,20). The van der Waals surface area contributed by atoms with Gasteiger partial charge < -0.3 is 5.32 Å². The molecule has 0 bridgehead atoms. The van der Waals surface area contributed by atoms with Gasteiger partial charge in [0.1, 0.15) is 5.82 Å². The molecule has 1 aromatic heterocycles. The minimum atomic E-state index is -0.0334. The molecule has 1 aromatic carbocycles. The van der Waals surface area contributed by atoms with Crippen LogP contribution in [0.5, 0.6) is 0 Å². The van der Waals surface area contributed by atoms with Crippen LogP contribution < -0.4 is 5.32 Å². The zero-order valence-corrected chi connectivity index (χ0v) is 11.4. The van der Waals surface area contributed by atoms with E-state index in [9.17, 15) is 4.79 Å². The summed E-state index contributed by atoms with van der Waals surface area (Å²) in [6.45, 7) is 1.97. The van der Waals surface area contributed by atoms with Gasteiger partial charge in [-0.15, -0.1) is 0 Å². The summed E-state index contributed by atoms with van der Waals surface area (Å²) in [4.78, 5) is 15.8. The predicted octanol–water partition coefficient (Wildman–Crippen LogP) is 3.22. The summed E-state index contributed by atoms with van der Waals surface area (Å²) in [5, 5.41) is 2.80. The second-order valence-electron chi connectivity index (χ2n) is 4.31. The van der Waals surface area contributed by atoms with E-state index in [0.29, 0.717) is 12.2 Å². The second kappa shape index (κ2) is 7.10. The van der Waals surface area contributed by atoms with Crippen molar-refractivity contribution in [2.75, 3.05) is 5.32 Å². The predicted molar refractivity (Wildman–Crippen MR) is 80.2 cm³/mol. The first kappa shape index (κ1) is 13.8. The molecule has 0 saturated heterocycles. The maximum atomic E-state index is 11.6. The van der Waals surface area contributed by atoms with Crippen LogP contribution in [0.3, 0.4) is 0 Å². The number of amides is 1. The molecule has 0 unspecified atom stereocenters. The van der Waals surface area contributed by atoms with E-state index in [1.807, 2.05) is 49.4 Å². The molecular formula is C17H16N2O. The number of carbonyl (C=O) groups is 1. The first-order valence-electron chi connectivity index (χ1n) is 6.61. The van der Waals surface area contributed by atoms with Crippen molar-refractivity contribution in [1.82, 2.24) is 4.98 Å². The third-order valence-corrected chi connectivity index (χ3v) is 2.66. The Labute approximate surface area is 119 Å². The molecule has 100 valence electrons. The van der Waals surface area contributed by atoms with Crippen molar-refractivity contribution < 1.29 is 4.79 Å². The number of rotatable bonds is 3. The number of nitrogens with one attached hydrogen (secondary N) is 1. The number of anilines is 1. The van der Waals surface area contributed by atoms with E-state index in [1.165, 1.54) is 0 Å². The van der Waals surface area contributed by atoms with E-state index in [2.05, 4.69) is 22.1 Å². The Morgan fingerprint density at radius 1 is 1.15 bits per heavy atom. The summed E-state index contributed by atoms with van der Waals surface area (Å²) in [5.74, 6) is 6.60. The highest BCUT2D eigenvalue weighted by molar-refractivity contribution is 5.90. The van der Waals surface area contributed by atoms with Crippen LogP contribution in [-0.4, -0.2) is 10.9 Å². The maximum absolute atomic E-state index is 11.6. The molecular weight excluding hydrogens is 248 g/mol. The van der Waals surface area contributed by atoms with Crippen LogP contribution in [0.2, 0.25) is 0 Å². The number of carbonyl (C=O) groups excluding carboxylic acids is 1. The van der Waals surface area contributed by atoms with Crippen LogP contribution in [0.15, 0.2) is 48.7 Å². The van der Waals surface area contributed by atoms with Gasteiger partial charge in [-0.05, 0) is 30.7 Å². The van der Waals surface area contributed by atoms with E-state index in [0.717, 1.165) is 17.5 Å². The molecule has 1 N–H and O–H groups in total. The highest BCUT2D eigenvalue weighted by Crippen LogP contribution is 2.11. The Kier molecular flexibility index (Phi) is 4.91. The molecule has 3 heteroatoms. The fourth-order valence-corrected chi connectivity index (χ4v) is 1.69. The SMILES string of the molecule is CCCC(=O)Nc1ncccc1C#Cc1ccccc1. The van der Waals surface area contributed by atoms with Gasteiger partial charge in [0.15, 0.2) is 0 Å². The Morgan fingerprint density at radius 2 is 1.95 bits per heavy atom. The van der Waals surface area contributed by atoms with Gasteiger partial charge in [0.25, 0.3) is 0 Å². The van der Waals surface area contributed by atoms with Crippen LogP contribution in [0.25, 0.3) is 0 Å². The molecule has 1 amide bonds. The summed E-state index contributed by atoms with van der Waals surface area (Å²) in [6.07, 6.45) is 2.95. The maximum Gasteiger partial charge on any atom is 0.225 e. The Morgan fingerprint density at radius 3 is 2.70 bits per heavy atom. The first-order valence-corrected chi connectivity index (χ1v) is 6.61. The Hall–Kier alpha value is -2.60. The summed E-state index contributed by atoms with van der Waals surface area (Å²) in [5.41, 5.74) is 1.66. The van der Waals surface area contributed by atoms with Crippen LogP contribution in [0.1, 0.15) is 30.9 Å². The average molecular weight is 264 g/mol. The van der Waals surface area contributed by atoms with Crippen LogP contribution in [0, 0.1) is 11.8 Å². The van der Waals surface area contributed by atoms with Crippen LogP contribution in [0.4, 0.5) is 5.82 Å². The zero-order chi connectivity index (χ0) is 14.2. The molecule has 0 aliphatic heterocycles. The molecule has 20 heavy (non-hydrogen) atoms. The zero-order valence-electron chi connectivity index (χ0n) is 11.4. The number of pyridine rings is 1. The number of nitrogens with zero attached hydrogens (tertiary/aromatic N) is 1. The lowest BCUT2D eigenvalue weighted by atomic mass is 10.2. The molecule has 0 saturated carbocycles. The van der Waals surface area contributed by atoms with Crippen LogP contribution in [-0.2, 0) is 4.79 Å². The lowest BCUT2D eigenvalue weighted by molar-refractivity contribution is -0.116. The molecule has 1 heterocycles. The number of hydrogen-bond donors (Lipinski definition) is 1. The van der Waals surface area contributed by atoms with E-state index in [4.69, 9.17) is 0 Å². The highest BCUT2D eigenvalue weighted by atomic mass is 16.1. The number of aromatic nitrogens is 1. The first-order chi connectivity index (χ1) is 9.79. The summed E-state index contributed by atoms with van der Waals surface area (Å²) in [6, 6.07) is 13.4. The minimum Gasteiger partial charge on any atom is -0.310 e. The number of benzene rings is 1. The third-order valence-electron chi connectivity index (χ3n) is 2.66. The van der Waals surface area contributed by atoms with E-state index >= 15 is 0 Å². The molecule has 0 aliphatic carbocycles. The Bertz CT molecular complexity index is 639. The van der Waals surface area contributed by atoms with Crippen molar-refractivity contribution >= 4 is 11.7 Å². The van der Waals surface area contributed by atoms with Crippen molar-refractivity contribution in [3.8, 4) is 11.8 Å². The lowest BCUT2D eigenvalue weighted by Crippen LogP contribution is -2.12. The summed E-state index contributed by atoms with van der Waals surface area (Å²) in [7, 11) is 0.